The Labute approximate surface area is 140 Å². The molecule has 0 aliphatic heterocycles. The number of Topliss-reactive ketones (excluding diaryl/α,β-unsaturated/α-hetero) is 1. The number of hydrogen-bond donors (Lipinski definition) is 2. The number of hydrogen-bond acceptors (Lipinski definition) is 2. The molecule has 1 atom stereocenters. The van der Waals surface area contributed by atoms with Gasteiger partial charge in [-0.3, -0.25) is 9.59 Å². The van der Waals surface area contributed by atoms with Gasteiger partial charge in [0.05, 0.1) is 0 Å². The Balaban J connectivity index is 1.88. The Morgan fingerprint density at radius 3 is 2.52 bits per heavy atom. The highest BCUT2D eigenvalue weighted by Gasteiger charge is 2.12. The first-order valence-corrected chi connectivity index (χ1v) is 7.83. The Kier molecular flexibility index (Phi) is 5.90. The largest absolute Gasteiger partial charge is 0.333 e. The van der Waals surface area contributed by atoms with Gasteiger partial charge in [0.1, 0.15) is 6.04 Å². The average Bonchev–Trinajstić information content (AvgIpc) is 2.53. The second kappa shape index (κ2) is 7.90. The molecule has 0 aliphatic rings. The maximum Gasteiger partial charge on any atom is 0.279 e. The van der Waals surface area contributed by atoms with Crippen LogP contribution in [0.3, 0.4) is 0 Å². The molecule has 0 saturated carbocycles. The second-order valence-corrected chi connectivity index (χ2v) is 5.90. The van der Waals surface area contributed by atoms with Gasteiger partial charge in [-0.15, -0.1) is 0 Å². The summed E-state index contributed by atoms with van der Waals surface area (Å²) >= 11 is 5.87. The van der Waals surface area contributed by atoms with Crippen molar-refractivity contribution in [2.24, 2.45) is 0 Å². The third-order valence-corrected chi connectivity index (χ3v) is 3.86. The van der Waals surface area contributed by atoms with E-state index in [1.807, 2.05) is 36.5 Å². The molecule has 0 unspecified atom stereocenters. The number of quaternary nitrogens is 1. The molecule has 5 heteroatoms. The van der Waals surface area contributed by atoms with Crippen LogP contribution in [0.25, 0.3) is 0 Å². The molecule has 0 bridgehead atoms. The fraction of sp³-hybridized carbons (Fsp3) is 0.222. The molecule has 0 heterocycles. The number of amides is 1. The molecule has 0 aromatic heterocycles. The number of nitrogens with one attached hydrogen (secondary N) is 1. The quantitative estimate of drug-likeness (QED) is 0.799. The standard InChI is InChI=1S/C18H19ClN2O2/c1-12(14-6-8-16(19)9-7-14)20-11-18(23)21-17-5-3-4-15(10-17)13(2)22/h3-10,12,20H,11H2,1-2H3,(H,21,23)/p+1/t12-/m0/s1. The summed E-state index contributed by atoms with van der Waals surface area (Å²) in [5.41, 5.74) is 2.33. The van der Waals surface area contributed by atoms with Crippen LogP contribution in [0.4, 0.5) is 5.69 Å². The van der Waals surface area contributed by atoms with Gasteiger partial charge < -0.3 is 10.6 Å². The van der Waals surface area contributed by atoms with Crippen molar-refractivity contribution in [3.8, 4) is 0 Å². The molecule has 4 nitrogen and oxygen atoms in total. The van der Waals surface area contributed by atoms with Gasteiger partial charge in [-0.05, 0) is 38.1 Å². The second-order valence-electron chi connectivity index (χ2n) is 5.47. The van der Waals surface area contributed by atoms with E-state index in [0.29, 0.717) is 22.8 Å². The van der Waals surface area contributed by atoms with Crippen LogP contribution in [-0.2, 0) is 4.79 Å². The fourth-order valence-corrected chi connectivity index (χ4v) is 2.34. The van der Waals surface area contributed by atoms with Crippen LogP contribution in [0.15, 0.2) is 48.5 Å². The summed E-state index contributed by atoms with van der Waals surface area (Å²) in [4.78, 5) is 23.4. The van der Waals surface area contributed by atoms with E-state index in [0.717, 1.165) is 5.56 Å². The van der Waals surface area contributed by atoms with E-state index < -0.39 is 0 Å². The molecule has 0 spiro atoms. The SMILES string of the molecule is CC(=O)c1cccc(NC(=O)C[NH2+][C@@H](C)c2ccc(Cl)cc2)c1. The first-order chi connectivity index (χ1) is 11.0. The van der Waals surface area contributed by atoms with E-state index in [4.69, 9.17) is 11.6 Å². The van der Waals surface area contributed by atoms with Crippen LogP contribution in [0, 0.1) is 0 Å². The number of benzene rings is 2. The first-order valence-electron chi connectivity index (χ1n) is 7.45. The molecule has 2 aromatic rings. The lowest BCUT2D eigenvalue weighted by Gasteiger charge is -2.11. The highest BCUT2D eigenvalue weighted by molar-refractivity contribution is 6.30. The van der Waals surface area contributed by atoms with Crippen molar-refractivity contribution in [1.29, 1.82) is 0 Å². The number of anilines is 1. The number of rotatable bonds is 6. The normalized spacial score (nSPS) is 11.8. The van der Waals surface area contributed by atoms with E-state index in [9.17, 15) is 9.59 Å². The predicted molar refractivity (Wildman–Crippen MR) is 91.7 cm³/mol. The molecule has 0 aliphatic carbocycles. The number of ketones is 1. The zero-order valence-electron chi connectivity index (χ0n) is 13.2. The maximum absolute atomic E-state index is 12.0. The Hall–Kier alpha value is -2.17. The van der Waals surface area contributed by atoms with Crippen LogP contribution >= 0.6 is 11.6 Å². The van der Waals surface area contributed by atoms with Gasteiger partial charge in [0.15, 0.2) is 12.3 Å². The van der Waals surface area contributed by atoms with E-state index in [1.54, 1.807) is 24.3 Å². The van der Waals surface area contributed by atoms with Gasteiger partial charge in [0.25, 0.3) is 5.91 Å². The molecular formula is C18H20ClN2O2+. The zero-order valence-corrected chi connectivity index (χ0v) is 13.9. The monoisotopic (exact) mass is 331 g/mol. The van der Waals surface area contributed by atoms with Crippen LogP contribution in [-0.4, -0.2) is 18.2 Å². The molecular weight excluding hydrogens is 312 g/mol. The van der Waals surface area contributed by atoms with E-state index in [1.165, 1.54) is 6.92 Å². The average molecular weight is 332 g/mol. The van der Waals surface area contributed by atoms with Gasteiger partial charge in [-0.25, -0.2) is 0 Å². The minimum absolute atomic E-state index is 0.0241. The molecule has 0 radical (unpaired) electrons. The van der Waals surface area contributed by atoms with Crippen LogP contribution in [0.5, 0.6) is 0 Å². The lowest BCUT2D eigenvalue weighted by Crippen LogP contribution is -2.86. The van der Waals surface area contributed by atoms with Crippen LogP contribution in [0.1, 0.15) is 35.8 Å². The predicted octanol–water partition coefficient (Wildman–Crippen LogP) is 2.81. The number of carbonyl (C=O) groups is 2. The zero-order chi connectivity index (χ0) is 16.8. The van der Waals surface area contributed by atoms with Crippen molar-refractivity contribution in [3.05, 3.63) is 64.7 Å². The highest BCUT2D eigenvalue weighted by Crippen LogP contribution is 2.13. The lowest BCUT2D eigenvalue weighted by molar-refractivity contribution is -0.682. The third-order valence-electron chi connectivity index (χ3n) is 3.61. The van der Waals surface area contributed by atoms with Crippen molar-refractivity contribution in [2.45, 2.75) is 19.9 Å². The molecule has 0 saturated heterocycles. The molecule has 23 heavy (non-hydrogen) atoms. The van der Waals surface area contributed by atoms with Crippen LogP contribution < -0.4 is 10.6 Å². The lowest BCUT2D eigenvalue weighted by atomic mass is 10.1. The summed E-state index contributed by atoms with van der Waals surface area (Å²) < 4.78 is 0. The highest BCUT2D eigenvalue weighted by atomic mass is 35.5. The summed E-state index contributed by atoms with van der Waals surface area (Å²) in [5.74, 6) is -0.129. The number of nitrogens with two attached hydrogens (primary N) is 1. The topological polar surface area (TPSA) is 62.8 Å². The molecule has 0 fully saturated rings. The Bertz CT molecular complexity index is 698. The van der Waals surface area contributed by atoms with Gasteiger partial charge in [-0.1, -0.05) is 35.9 Å². The van der Waals surface area contributed by atoms with Gasteiger partial charge >= 0.3 is 0 Å². The summed E-state index contributed by atoms with van der Waals surface area (Å²) in [6.07, 6.45) is 0. The Morgan fingerprint density at radius 2 is 1.87 bits per heavy atom. The molecule has 120 valence electrons. The van der Waals surface area contributed by atoms with Crippen LogP contribution in [0.2, 0.25) is 5.02 Å². The minimum atomic E-state index is -0.105. The smallest absolute Gasteiger partial charge is 0.279 e. The molecule has 2 rings (SSSR count). The fourth-order valence-electron chi connectivity index (χ4n) is 2.21. The summed E-state index contributed by atoms with van der Waals surface area (Å²) in [7, 11) is 0. The molecule has 1 amide bonds. The summed E-state index contributed by atoms with van der Waals surface area (Å²) in [6.45, 7) is 3.84. The maximum atomic E-state index is 12.0. The molecule has 3 N–H and O–H groups in total. The van der Waals surface area contributed by atoms with Gasteiger partial charge in [0, 0.05) is 21.8 Å². The number of carbonyl (C=O) groups excluding carboxylic acids is 2. The minimum Gasteiger partial charge on any atom is -0.333 e. The summed E-state index contributed by atoms with van der Waals surface area (Å²) in [6, 6.07) is 14.7. The first kappa shape index (κ1) is 17.2. The van der Waals surface area contributed by atoms with Crippen molar-refractivity contribution in [3.63, 3.8) is 0 Å². The van der Waals surface area contributed by atoms with Gasteiger partial charge in [0.2, 0.25) is 0 Å². The Morgan fingerprint density at radius 1 is 1.17 bits per heavy atom. The molecule has 2 aromatic carbocycles. The van der Waals surface area contributed by atoms with E-state index in [2.05, 4.69) is 5.32 Å². The van der Waals surface area contributed by atoms with E-state index >= 15 is 0 Å². The van der Waals surface area contributed by atoms with Crippen molar-refractivity contribution < 1.29 is 14.9 Å². The summed E-state index contributed by atoms with van der Waals surface area (Å²) in [5, 5.41) is 5.46. The number of halogens is 1. The van der Waals surface area contributed by atoms with Gasteiger partial charge in [-0.2, -0.15) is 0 Å². The van der Waals surface area contributed by atoms with E-state index in [-0.39, 0.29) is 17.7 Å². The van der Waals surface area contributed by atoms with Crippen molar-refractivity contribution >= 4 is 29.0 Å². The van der Waals surface area contributed by atoms with Crippen molar-refractivity contribution in [2.75, 3.05) is 11.9 Å². The van der Waals surface area contributed by atoms with Crippen molar-refractivity contribution in [1.82, 2.24) is 0 Å². The third kappa shape index (κ3) is 5.20.